The van der Waals surface area contributed by atoms with Crippen molar-refractivity contribution in [1.29, 1.82) is 0 Å². The van der Waals surface area contributed by atoms with E-state index in [1.165, 1.54) is 25.3 Å². The van der Waals surface area contributed by atoms with Crippen LogP contribution in [-0.2, 0) is 39.7 Å². The number of ether oxygens (including phenoxy) is 3. The third-order valence-electron chi connectivity index (χ3n) is 5.44. The minimum absolute atomic E-state index is 0.0511. The number of methoxy groups -OCH3 is 2. The predicted octanol–water partition coefficient (Wildman–Crippen LogP) is 1.69. The normalized spacial score (nSPS) is 25.0. The molecule has 3 rings (SSSR count). The maximum absolute atomic E-state index is 14.2. The zero-order chi connectivity index (χ0) is 20.9. The van der Waals surface area contributed by atoms with Gasteiger partial charge in [-0.2, -0.15) is 0 Å². The van der Waals surface area contributed by atoms with E-state index in [1.54, 1.807) is 20.8 Å². The van der Waals surface area contributed by atoms with E-state index in [0.717, 1.165) is 7.11 Å². The zero-order valence-corrected chi connectivity index (χ0v) is 16.3. The third kappa shape index (κ3) is 2.27. The lowest BCUT2D eigenvalue weighted by atomic mass is 9.68. The highest BCUT2D eigenvalue weighted by Gasteiger charge is 2.71. The highest BCUT2D eigenvalue weighted by Crippen LogP contribution is 2.59. The summed E-state index contributed by atoms with van der Waals surface area (Å²) in [7, 11) is 2.33. The highest BCUT2D eigenvalue weighted by atomic mass is 19.1. The number of carbonyl (C=O) groups is 3. The van der Waals surface area contributed by atoms with Gasteiger partial charge in [-0.05, 0) is 36.1 Å². The summed E-state index contributed by atoms with van der Waals surface area (Å²) < 4.78 is 29.2. The van der Waals surface area contributed by atoms with E-state index in [-0.39, 0.29) is 23.7 Å². The first-order chi connectivity index (χ1) is 13.2. The van der Waals surface area contributed by atoms with Gasteiger partial charge in [0.05, 0.1) is 37.5 Å². The molecule has 0 amide bonds. The molecule has 2 unspecified atom stereocenters. The molecule has 2 bridgehead atoms. The third-order valence-corrected chi connectivity index (χ3v) is 5.44. The standard InChI is InChI=1S/C20H22FNO6/c1-6-28-18(25)20-12-8-7-11(21)9-13(12)19(22-20,10(2)3)14(16(23)26-4)15(20)17(24)27-5/h7-10,22H,6H2,1-5H3. The van der Waals surface area contributed by atoms with Crippen molar-refractivity contribution in [1.82, 2.24) is 5.32 Å². The average molecular weight is 391 g/mol. The van der Waals surface area contributed by atoms with Crippen LogP contribution in [0.4, 0.5) is 4.39 Å². The minimum Gasteiger partial charge on any atom is -0.466 e. The summed E-state index contributed by atoms with van der Waals surface area (Å²) >= 11 is 0. The fraction of sp³-hybridized carbons (Fsp3) is 0.450. The SMILES string of the molecule is CCOC(=O)C12NC(C(C)C)(C(C(=O)OC)=C1C(=O)OC)c1cc(F)ccc12. The predicted molar refractivity (Wildman–Crippen MR) is 95.4 cm³/mol. The number of esters is 3. The first-order valence-corrected chi connectivity index (χ1v) is 8.91. The number of fused-ring (bicyclic) bond motifs is 5. The number of carbonyl (C=O) groups excluding carboxylic acids is 3. The Bertz CT molecular complexity index is 908. The quantitative estimate of drug-likeness (QED) is 0.603. The summed E-state index contributed by atoms with van der Waals surface area (Å²) in [6, 6.07) is 3.89. The molecule has 0 fully saturated rings. The van der Waals surface area contributed by atoms with Crippen LogP contribution >= 0.6 is 0 Å². The molecule has 0 radical (unpaired) electrons. The monoisotopic (exact) mass is 391 g/mol. The van der Waals surface area contributed by atoms with Crippen molar-refractivity contribution in [2.24, 2.45) is 5.92 Å². The number of hydrogen-bond acceptors (Lipinski definition) is 7. The van der Waals surface area contributed by atoms with Crippen molar-refractivity contribution in [3.8, 4) is 0 Å². The molecule has 150 valence electrons. The van der Waals surface area contributed by atoms with Gasteiger partial charge >= 0.3 is 17.9 Å². The number of hydrogen-bond donors (Lipinski definition) is 1. The summed E-state index contributed by atoms with van der Waals surface area (Å²) in [5.41, 5.74) is -2.62. The lowest BCUT2D eigenvalue weighted by molar-refractivity contribution is -0.152. The Morgan fingerprint density at radius 1 is 1.07 bits per heavy atom. The summed E-state index contributed by atoms with van der Waals surface area (Å²) in [5.74, 6) is -3.32. The molecule has 1 N–H and O–H groups in total. The Hall–Kier alpha value is -2.74. The maximum atomic E-state index is 14.2. The van der Waals surface area contributed by atoms with Gasteiger partial charge in [0.2, 0.25) is 0 Å². The van der Waals surface area contributed by atoms with Crippen molar-refractivity contribution >= 4 is 17.9 Å². The van der Waals surface area contributed by atoms with Crippen LogP contribution in [0.1, 0.15) is 31.9 Å². The molecule has 28 heavy (non-hydrogen) atoms. The second-order valence-corrected chi connectivity index (χ2v) is 6.98. The van der Waals surface area contributed by atoms with Crippen LogP contribution in [-0.4, -0.2) is 38.7 Å². The van der Waals surface area contributed by atoms with Gasteiger partial charge in [-0.15, -0.1) is 0 Å². The van der Waals surface area contributed by atoms with E-state index in [1.807, 2.05) is 0 Å². The Morgan fingerprint density at radius 3 is 2.21 bits per heavy atom. The molecular formula is C20H22FNO6. The Balaban J connectivity index is 2.49. The summed E-state index contributed by atoms with van der Waals surface area (Å²) in [6.45, 7) is 5.27. The first-order valence-electron chi connectivity index (χ1n) is 8.91. The summed E-state index contributed by atoms with van der Waals surface area (Å²) in [5, 5.41) is 3.15. The van der Waals surface area contributed by atoms with E-state index in [2.05, 4.69) is 5.32 Å². The minimum atomic E-state index is -1.79. The summed E-state index contributed by atoms with van der Waals surface area (Å²) in [4.78, 5) is 38.7. The molecule has 7 nitrogen and oxygen atoms in total. The van der Waals surface area contributed by atoms with Crippen LogP contribution < -0.4 is 5.32 Å². The van der Waals surface area contributed by atoms with Crippen LogP contribution in [0.25, 0.3) is 0 Å². The van der Waals surface area contributed by atoms with E-state index < -0.39 is 34.8 Å². The number of rotatable bonds is 5. The molecule has 8 heteroatoms. The lowest BCUT2D eigenvalue weighted by Gasteiger charge is -2.34. The van der Waals surface area contributed by atoms with Gasteiger partial charge < -0.3 is 14.2 Å². The van der Waals surface area contributed by atoms with Crippen LogP contribution in [0.15, 0.2) is 29.3 Å². The number of benzene rings is 1. The van der Waals surface area contributed by atoms with Gasteiger partial charge in [-0.3, -0.25) is 5.32 Å². The lowest BCUT2D eigenvalue weighted by Crippen LogP contribution is -2.51. The molecule has 2 atom stereocenters. The molecule has 2 heterocycles. The average Bonchev–Trinajstić information content (AvgIpc) is 3.16. The van der Waals surface area contributed by atoms with Crippen molar-refractivity contribution in [3.05, 3.63) is 46.3 Å². The fourth-order valence-electron chi connectivity index (χ4n) is 4.35. The van der Waals surface area contributed by atoms with Gasteiger partial charge in [0.15, 0.2) is 5.54 Å². The fourth-order valence-corrected chi connectivity index (χ4v) is 4.35. The van der Waals surface area contributed by atoms with E-state index in [4.69, 9.17) is 14.2 Å². The van der Waals surface area contributed by atoms with Crippen molar-refractivity contribution in [2.45, 2.75) is 31.8 Å². The van der Waals surface area contributed by atoms with Gasteiger partial charge in [-0.1, -0.05) is 19.9 Å². The summed E-state index contributed by atoms with van der Waals surface area (Å²) in [6.07, 6.45) is 0. The van der Waals surface area contributed by atoms with Gasteiger partial charge in [-0.25, -0.2) is 18.8 Å². The smallest absolute Gasteiger partial charge is 0.337 e. The van der Waals surface area contributed by atoms with Gasteiger partial charge in [0.1, 0.15) is 5.82 Å². The van der Waals surface area contributed by atoms with Crippen LogP contribution in [0.3, 0.4) is 0 Å². The first kappa shape index (κ1) is 20.0. The Morgan fingerprint density at radius 2 is 1.68 bits per heavy atom. The van der Waals surface area contributed by atoms with E-state index >= 15 is 0 Å². The molecule has 0 spiro atoms. The van der Waals surface area contributed by atoms with Gasteiger partial charge in [0.25, 0.3) is 0 Å². The largest absolute Gasteiger partial charge is 0.466 e. The number of halogens is 1. The molecule has 2 aliphatic heterocycles. The van der Waals surface area contributed by atoms with Crippen LogP contribution in [0.5, 0.6) is 0 Å². The molecule has 1 aromatic rings. The number of nitrogens with one attached hydrogen (secondary N) is 1. The topological polar surface area (TPSA) is 90.9 Å². The van der Waals surface area contributed by atoms with E-state index in [9.17, 15) is 18.8 Å². The molecule has 0 aromatic heterocycles. The molecule has 0 aliphatic carbocycles. The molecule has 1 aromatic carbocycles. The molecule has 2 aliphatic rings. The zero-order valence-electron chi connectivity index (χ0n) is 16.3. The second kappa shape index (κ2) is 6.70. The van der Waals surface area contributed by atoms with Crippen LogP contribution in [0.2, 0.25) is 0 Å². The Labute approximate surface area is 161 Å². The molecular weight excluding hydrogens is 369 g/mol. The molecule has 0 saturated carbocycles. The van der Waals surface area contributed by atoms with E-state index in [0.29, 0.717) is 11.1 Å². The Kier molecular flexibility index (Phi) is 4.79. The second-order valence-electron chi connectivity index (χ2n) is 6.98. The van der Waals surface area contributed by atoms with Crippen molar-refractivity contribution in [3.63, 3.8) is 0 Å². The van der Waals surface area contributed by atoms with Crippen molar-refractivity contribution in [2.75, 3.05) is 20.8 Å². The highest BCUT2D eigenvalue weighted by molar-refractivity contribution is 6.13. The van der Waals surface area contributed by atoms with Crippen LogP contribution in [0, 0.1) is 11.7 Å². The van der Waals surface area contributed by atoms with Gasteiger partial charge in [0, 0.05) is 0 Å². The maximum Gasteiger partial charge on any atom is 0.337 e. The van der Waals surface area contributed by atoms with Crippen molar-refractivity contribution < 1.29 is 33.0 Å². The molecule has 0 saturated heterocycles.